The predicted molar refractivity (Wildman–Crippen MR) is 62.9 cm³/mol. The number of alkyl halides is 3. The number of carboxylic acids is 1. The number of rotatable bonds is 4. The third-order valence-corrected chi connectivity index (χ3v) is 3.27. The summed E-state index contributed by atoms with van der Waals surface area (Å²) in [5, 5.41) is 8.75. The van der Waals surface area contributed by atoms with Crippen LogP contribution < -0.4 is 0 Å². The number of halogens is 3. The maximum absolute atomic E-state index is 12.5. The molecule has 0 spiro atoms. The SMILES string of the molecule is O=C(O)CN(CC(F)(F)F)C1Cc2ccccc2C1. The second-order valence-electron chi connectivity index (χ2n) is 4.74. The van der Waals surface area contributed by atoms with Crippen molar-refractivity contribution in [2.45, 2.75) is 25.1 Å². The van der Waals surface area contributed by atoms with Crippen LogP contribution in [0.3, 0.4) is 0 Å². The van der Waals surface area contributed by atoms with E-state index in [1.165, 1.54) is 0 Å². The van der Waals surface area contributed by atoms with Gasteiger partial charge in [-0.3, -0.25) is 9.69 Å². The van der Waals surface area contributed by atoms with Gasteiger partial charge in [-0.05, 0) is 24.0 Å². The van der Waals surface area contributed by atoms with Gasteiger partial charge in [0.2, 0.25) is 0 Å². The number of benzene rings is 1. The van der Waals surface area contributed by atoms with Gasteiger partial charge in [-0.2, -0.15) is 13.2 Å². The van der Waals surface area contributed by atoms with E-state index in [4.69, 9.17) is 5.11 Å². The molecule has 0 bridgehead atoms. The highest BCUT2D eigenvalue weighted by Gasteiger charge is 2.36. The largest absolute Gasteiger partial charge is 0.480 e. The van der Waals surface area contributed by atoms with E-state index in [1.807, 2.05) is 24.3 Å². The van der Waals surface area contributed by atoms with Gasteiger partial charge in [-0.1, -0.05) is 24.3 Å². The highest BCUT2D eigenvalue weighted by atomic mass is 19.4. The van der Waals surface area contributed by atoms with Gasteiger partial charge >= 0.3 is 12.1 Å². The summed E-state index contributed by atoms with van der Waals surface area (Å²) in [7, 11) is 0. The molecule has 1 aliphatic carbocycles. The molecule has 0 aliphatic heterocycles. The van der Waals surface area contributed by atoms with E-state index in [-0.39, 0.29) is 0 Å². The minimum absolute atomic E-state index is 0.393. The molecule has 0 saturated carbocycles. The lowest BCUT2D eigenvalue weighted by atomic mass is 10.1. The van der Waals surface area contributed by atoms with Crippen molar-refractivity contribution in [2.75, 3.05) is 13.1 Å². The van der Waals surface area contributed by atoms with Crippen molar-refractivity contribution in [3.05, 3.63) is 35.4 Å². The number of hydrogen-bond donors (Lipinski definition) is 1. The van der Waals surface area contributed by atoms with Gasteiger partial charge in [0.15, 0.2) is 0 Å². The van der Waals surface area contributed by atoms with Crippen LogP contribution in [0.25, 0.3) is 0 Å². The molecule has 0 atom stereocenters. The van der Waals surface area contributed by atoms with Crippen molar-refractivity contribution >= 4 is 5.97 Å². The van der Waals surface area contributed by atoms with Crippen molar-refractivity contribution in [3.8, 4) is 0 Å². The fourth-order valence-electron chi connectivity index (χ4n) is 2.51. The molecule has 2 rings (SSSR count). The van der Waals surface area contributed by atoms with Crippen molar-refractivity contribution in [3.63, 3.8) is 0 Å². The van der Waals surface area contributed by atoms with E-state index < -0.39 is 31.3 Å². The molecule has 0 heterocycles. The Kier molecular flexibility index (Phi) is 3.80. The third-order valence-electron chi connectivity index (χ3n) is 3.27. The molecule has 0 radical (unpaired) electrons. The Labute approximate surface area is 108 Å². The fourth-order valence-corrected chi connectivity index (χ4v) is 2.51. The zero-order valence-corrected chi connectivity index (χ0v) is 10.2. The second kappa shape index (κ2) is 5.21. The Morgan fingerprint density at radius 2 is 1.79 bits per heavy atom. The van der Waals surface area contributed by atoms with Gasteiger partial charge in [0.1, 0.15) is 0 Å². The zero-order valence-electron chi connectivity index (χ0n) is 10.2. The Morgan fingerprint density at radius 3 is 2.21 bits per heavy atom. The molecule has 0 unspecified atom stereocenters. The Hall–Kier alpha value is -1.56. The third kappa shape index (κ3) is 3.70. The number of aliphatic carboxylic acids is 1. The van der Waals surface area contributed by atoms with Crippen molar-refractivity contribution in [1.29, 1.82) is 0 Å². The highest BCUT2D eigenvalue weighted by Crippen LogP contribution is 2.27. The molecule has 0 saturated heterocycles. The molecule has 19 heavy (non-hydrogen) atoms. The quantitative estimate of drug-likeness (QED) is 0.913. The summed E-state index contributed by atoms with van der Waals surface area (Å²) in [6, 6.07) is 7.04. The van der Waals surface area contributed by atoms with Gasteiger partial charge < -0.3 is 5.11 Å². The second-order valence-corrected chi connectivity index (χ2v) is 4.74. The molecule has 0 fully saturated rings. The van der Waals surface area contributed by atoms with Crippen molar-refractivity contribution < 1.29 is 23.1 Å². The summed E-state index contributed by atoms with van der Waals surface area (Å²) in [6.45, 7) is -1.77. The number of carboxylic acid groups (broad SMARTS) is 1. The van der Waals surface area contributed by atoms with Crippen molar-refractivity contribution in [1.82, 2.24) is 4.90 Å². The van der Waals surface area contributed by atoms with Crippen LogP contribution in [0, 0.1) is 0 Å². The molecular weight excluding hydrogens is 259 g/mol. The van der Waals surface area contributed by atoms with Crippen molar-refractivity contribution in [2.24, 2.45) is 0 Å². The molecule has 1 aromatic carbocycles. The van der Waals surface area contributed by atoms with E-state index in [2.05, 4.69) is 0 Å². The highest BCUT2D eigenvalue weighted by molar-refractivity contribution is 5.69. The first-order valence-electron chi connectivity index (χ1n) is 5.94. The summed E-state index contributed by atoms with van der Waals surface area (Å²) < 4.78 is 37.5. The van der Waals surface area contributed by atoms with Crippen LogP contribution in [0.15, 0.2) is 24.3 Å². The van der Waals surface area contributed by atoms with Crippen LogP contribution in [0.5, 0.6) is 0 Å². The monoisotopic (exact) mass is 273 g/mol. The first kappa shape index (κ1) is 13.9. The van der Waals surface area contributed by atoms with Crippen LogP contribution >= 0.6 is 0 Å². The Morgan fingerprint density at radius 1 is 1.26 bits per heavy atom. The summed E-state index contributed by atoms with van der Waals surface area (Å²) in [5.74, 6) is -1.24. The van der Waals surface area contributed by atoms with Crippen LogP contribution in [0.1, 0.15) is 11.1 Å². The fraction of sp³-hybridized carbons (Fsp3) is 0.462. The molecule has 3 nitrogen and oxygen atoms in total. The van der Waals surface area contributed by atoms with Crippen LogP contribution in [0.2, 0.25) is 0 Å². The molecule has 1 N–H and O–H groups in total. The van der Waals surface area contributed by atoms with Crippen LogP contribution in [-0.2, 0) is 17.6 Å². The van der Waals surface area contributed by atoms with Crippen LogP contribution in [-0.4, -0.2) is 41.3 Å². The topological polar surface area (TPSA) is 40.5 Å². The van der Waals surface area contributed by atoms with Gasteiger partial charge in [-0.25, -0.2) is 0 Å². The molecule has 104 valence electrons. The first-order chi connectivity index (χ1) is 8.85. The zero-order chi connectivity index (χ0) is 14.0. The molecule has 0 amide bonds. The summed E-state index contributed by atoms with van der Waals surface area (Å²) in [4.78, 5) is 11.7. The normalized spacial score (nSPS) is 15.8. The summed E-state index contributed by atoms with van der Waals surface area (Å²) in [5.41, 5.74) is 2.01. The van der Waals surface area contributed by atoms with E-state index in [0.29, 0.717) is 12.8 Å². The van der Waals surface area contributed by atoms with Gasteiger partial charge in [0.05, 0.1) is 13.1 Å². The molecule has 6 heteroatoms. The molecular formula is C13H14F3NO2. The van der Waals surface area contributed by atoms with Gasteiger partial charge in [0.25, 0.3) is 0 Å². The molecule has 0 aromatic heterocycles. The number of fused-ring (bicyclic) bond motifs is 1. The molecule has 1 aromatic rings. The minimum Gasteiger partial charge on any atom is -0.480 e. The smallest absolute Gasteiger partial charge is 0.401 e. The standard InChI is InChI=1S/C13H14F3NO2/c14-13(15,16)8-17(7-12(18)19)11-5-9-3-1-2-4-10(9)6-11/h1-4,11H,5-8H2,(H,18,19). The summed E-state index contributed by atoms with van der Waals surface area (Å²) in [6.07, 6.45) is -3.44. The first-order valence-corrected chi connectivity index (χ1v) is 5.94. The van der Waals surface area contributed by atoms with E-state index >= 15 is 0 Å². The van der Waals surface area contributed by atoms with E-state index in [0.717, 1.165) is 16.0 Å². The minimum atomic E-state index is -4.38. The lowest BCUT2D eigenvalue weighted by Gasteiger charge is -2.27. The van der Waals surface area contributed by atoms with E-state index in [9.17, 15) is 18.0 Å². The van der Waals surface area contributed by atoms with E-state index in [1.54, 1.807) is 0 Å². The summed E-state index contributed by atoms with van der Waals surface area (Å²) >= 11 is 0. The van der Waals surface area contributed by atoms with Gasteiger partial charge in [-0.15, -0.1) is 0 Å². The maximum Gasteiger partial charge on any atom is 0.401 e. The van der Waals surface area contributed by atoms with Crippen LogP contribution in [0.4, 0.5) is 13.2 Å². The Balaban J connectivity index is 2.11. The number of nitrogens with zero attached hydrogens (tertiary/aromatic N) is 1. The predicted octanol–water partition coefficient (Wildman–Crippen LogP) is 2.10. The average molecular weight is 273 g/mol. The Bertz CT molecular complexity index is 448. The lowest BCUT2D eigenvalue weighted by Crippen LogP contribution is -2.45. The maximum atomic E-state index is 12.5. The van der Waals surface area contributed by atoms with Gasteiger partial charge in [0, 0.05) is 6.04 Å². The number of carbonyl (C=O) groups is 1. The molecule has 1 aliphatic rings. The lowest BCUT2D eigenvalue weighted by molar-refractivity contribution is -0.157. The average Bonchev–Trinajstić information content (AvgIpc) is 2.68. The number of hydrogen-bond acceptors (Lipinski definition) is 2.